The zero-order valence-corrected chi connectivity index (χ0v) is 8.43. The predicted octanol–water partition coefficient (Wildman–Crippen LogP) is 1.96. The van der Waals surface area contributed by atoms with E-state index in [1.165, 1.54) is 26.2 Å². The van der Waals surface area contributed by atoms with Crippen molar-refractivity contribution < 1.29 is 14.6 Å². The van der Waals surface area contributed by atoms with E-state index in [2.05, 4.69) is 5.18 Å². The van der Waals surface area contributed by atoms with E-state index in [1.807, 2.05) is 0 Å². The molecule has 0 bridgehead atoms. The molecule has 1 aromatic carbocycles. The fraction of sp³-hybridized carbons (Fsp3) is 0.300. The second-order valence-corrected chi connectivity index (χ2v) is 3.04. The minimum atomic E-state index is -0.840. The van der Waals surface area contributed by atoms with Crippen molar-refractivity contribution >= 4 is 12.0 Å². The molecule has 0 aliphatic heterocycles. The highest BCUT2D eigenvalue weighted by Gasteiger charge is 2.14. The summed E-state index contributed by atoms with van der Waals surface area (Å²) in [6.07, 6.45) is -0.272. The highest BCUT2D eigenvalue weighted by molar-refractivity contribution is 5.82. The predicted molar refractivity (Wildman–Crippen MR) is 54.5 cm³/mol. The van der Waals surface area contributed by atoms with E-state index in [4.69, 9.17) is 4.74 Å². The van der Waals surface area contributed by atoms with Crippen LogP contribution in [-0.2, 0) is 0 Å². The van der Waals surface area contributed by atoms with E-state index >= 15 is 0 Å². The van der Waals surface area contributed by atoms with E-state index in [-0.39, 0.29) is 11.3 Å². The highest BCUT2D eigenvalue weighted by Crippen LogP contribution is 2.32. The van der Waals surface area contributed by atoms with Crippen LogP contribution in [0.25, 0.3) is 0 Å². The molecule has 1 aromatic rings. The van der Waals surface area contributed by atoms with Crippen molar-refractivity contribution in [2.24, 2.45) is 5.18 Å². The molecule has 0 saturated carbocycles. The summed E-state index contributed by atoms with van der Waals surface area (Å²) in [7, 11) is 1.40. The number of aldehydes is 1. The van der Waals surface area contributed by atoms with Gasteiger partial charge in [0.1, 0.15) is 11.4 Å². The minimum Gasteiger partial charge on any atom is -0.496 e. The fourth-order valence-corrected chi connectivity index (χ4v) is 1.28. The van der Waals surface area contributed by atoms with Crippen LogP contribution in [0.5, 0.6) is 5.75 Å². The summed E-state index contributed by atoms with van der Waals surface area (Å²) in [4.78, 5) is 21.1. The first kappa shape index (κ1) is 11.3. The molecule has 0 amide bonds. The van der Waals surface area contributed by atoms with Gasteiger partial charge in [-0.15, -0.1) is 4.91 Å². The lowest BCUT2D eigenvalue weighted by Gasteiger charge is -2.10. The number of nitrogens with zero attached hydrogens (tertiary/aromatic N) is 1. The van der Waals surface area contributed by atoms with Crippen LogP contribution in [0.2, 0.25) is 0 Å². The van der Waals surface area contributed by atoms with Gasteiger partial charge in [0.25, 0.3) is 0 Å². The van der Waals surface area contributed by atoms with Crippen molar-refractivity contribution in [1.82, 2.24) is 0 Å². The number of ether oxygens (including phenoxy) is 1. The maximum Gasteiger partial charge on any atom is 0.153 e. The van der Waals surface area contributed by atoms with Crippen LogP contribution in [0, 0.1) is 4.91 Å². The molecule has 0 aliphatic rings. The molecular weight excluding hydrogens is 198 g/mol. The molecule has 15 heavy (non-hydrogen) atoms. The lowest BCUT2D eigenvalue weighted by molar-refractivity contribution is 0.112. The molecule has 0 aliphatic carbocycles. The van der Waals surface area contributed by atoms with Gasteiger partial charge in [0.15, 0.2) is 6.29 Å². The monoisotopic (exact) mass is 209 g/mol. The zero-order chi connectivity index (χ0) is 11.4. The summed E-state index contributed by atoms with van der Waals surface area (Å²) in [5.74, 6) is 0.313. The highest BCUT2D eigenvalue weighted by atomic mass is 16.5. The Morgan fingerprint density at radius 3 is 2.60 bits per heavy atom. The van der Waals surface area contributed by atoms with Crippen LogP contribution >= 0.6 is 0 Å². The molecule has 0 spiro atoms. The van der Waals surface area contributed by atoms with E-state index in [0.717, 1.165) is 0 Å². The Labute approximate surface area is 86.7 Å². The second kappa shape index (κ2) is 4.65. The molecule has 1 atom stereocenters. The van der Waals surface area contributed by atoms with Crippen LogP contribution in [0.3, 0.4) is 0 Å². The third-order valence-corrected chi connectivity index (χ3v) is 2.05. The van der Waals surface area contributed by atoms with Crippen molar-refractivity contribution in [3.63, 3.8) is 0 Å². The van der Waals surface area contributed by atoms with Crippen LogP contribution in [0.15, 0.2) is 17.3 Å². The molecule has 1 rings (SSSR count). The van der Waals surface area contributed by atoms with Crippen molar-refractivity contribution in [3.05, 3.63) is 28.2 Å². The van der Waals surface area contributed by atoms with Gasteiger partial charge in [-0.2, -0.15) is 0 Å². The number of hydrogen-bond acceptors (Lipinski definition) is 5. The average Bonchev–Trinajstić information content (AvgIpc) is 2.26. The Kier molecular flexibility index (Phi) is 3.51. The number of nitroso groups, excluding NO2 is 1. The van der Waals surface area contributed by atoms with Crippen LogP contribution < -0.4 is 4.74 Å². The Hall–Kier alpha value is -1.75. The third kappa shape index (κ3) is 2.19. The lowest BCUT2D eigenvalue weighted by atomic mass is 10.0. The first-order valence-electron chi connectivity index (χ1n) is 4.32. The molecule has 1 unspecified atom stereocenters. The van der Waals surface area contributed by atoms with Gasteiger partial charge in [0.2, 0.25) is 0 Å². The summed E-state index contributed by atoms with van der Waals surface area (Å²) < 4.78 is 4.94. The maximum atomic E-state index is 10.6. The van der Waals surface area contributed by atoms with E-state index < -0.39 is 6.10 Å². The Morgan fingerprint density at radius 2 is 2.20 bits per heavy atom. The van der Waals surface area contributed by atoms with E-state index in [9.17, 15) is 14.8 Å². The van der Waals surface area contributed by atoms with Crippen molar-refractivity contribution in [2.45, 2.75) is 13.0 Å². The van der Waals surface area contributed by atoms with Crippen LogP contribution in [0.1, 0.15) is 28.9 Å². The Morgan fingerprint density at radius 1 is 1.53 bits per heavy atom. The molecule has 0 fully saturated rings. The molecule has 0 saturated heterocycles. The lowest BCUT2D eigenvalue weighted by Crippen LogP contribution is -1.97. The van der Waals surface area contributed by atoms with Gasteiger partial charge in [0, 0.05) is 5.56 Å². The minimum absolute atomic E-state index is 0.0490. The smallest absolute Gasteiger partial charge is 0.153 e. The van der Waals surface area contributed by atoms with Crippen LogP contribution in [0.4, 0.5) is 5.69 Å². The molecule has 5 heteroatoms. The SMILES string of the molecule is COc1cc(C(C)O)c(N=O)cc1C=O. The van der Waals surface area contributed by atoms with Gasteiger partial charge >= 0.3 is 0 Å². The van der Waals surface area contributed by atoms with Gasteiger partial charge in [0.05, 0.1) is 18.8 Å². The van der Waals surface area contributed by atoms with Gasteiger partial charge in [-0.05, 0) is 24.2 Å². The van der Waals surface area contributed by atoms with Crippen molar-refractivity contribution in [1.29, 1.82) is 0 Å². The van der Waals surface area contributed by atoms with Gasteiger partial charge in [-0.1, -0.05) is 0 Å². The number of hydrogen-bond donors (Lipinski definition) is 1. The normalized spacial score (nSPS) is 11.9. The summed E-state index contributed by atoms with van der Waals surface area (Å²) in [5, 5.41) is 12.1. The third-order valence-electron chi connectivity index (χ3n) is 2.05. The quantitative estimate of drug-likeness (QED) is 0.607. The summed E-state index contributed by atoms with van der Waals surface area (Å²) in [5.41, 5.74) is 0.622. The molecule has 1 N–H and O–H groups in total. The first-order chi connectivity index (χ1) is 7.13. The van der Waals surface area contributed by atoms with Crippen molar-refractivity contribution in [3.8, 4) is 5.75 Å². The maximum absolute atomic E-state index is 10.6. The molecular formula is C10H11NO4. The number of carbonyl (C=O) groups excluding carboxylic acids is 1. The number of aliphatic hydroxyl groups excluding tert-OH is 1. The number of carbonyl (C=O) groups is 1. The zero-order valence-electron chi connectivity index (χ0n) is 8.43. The van der Waals surface area contributed by atoms with Crippen molar-refractivity contribution in [2.75, 3.05) is 7.11 Å². The number of aliphatic hydroxyl groups is 1. The Bertz CT molecular complexity index is 387. The van der Waals surface area contributed by atoms with E-state index in [0.29, 0.717) is 17.6 Å². The van der Waals surface area contributed by atoms with Gasteiger partial charge in [-0.3, -0.25) is 4.79 Å². The summed E-state index contributed by atoms with van der Waals surface area (Å²) in [6, 6.07) is 2.73. The molecule has 0 aromatic heterocycles. The Balaban J connectivity index is 3.40. The molecule has 5 nitrogen and oxygen atoms in total. The largest absolute Gasteiger partial charge is 0.496 e. The fourth-order valence-electron chi connectivity index (χ4n) is 1.28. The number of rotatable bonds is 4. The van der Waals surface area contributed by atoms with Gasteiger partial charge < -0.3 is 9.84 Å². The first-order valence-corrected chi connectivity index (χ1v) is 4.32. The summed E-state index contributed by atoms with van der Waals surface area (Å²) in [6.45, 7) is 1.50. The number of benzene rings is 1. The standard InChI is InChI=1S/C10H11NO4/c1-6(13)8-4-10(15-2)7(5-12)3-9(8)11-14/h3-6,13H,1-2H3. The number of methoxy groups -OCH3 is 1. The second-order valence-electron chi connectivity index (χ2n) is 3.04. The van der Waals surface area contributed by atoms with Gasteiger partial charge in [-0.25, -0.2) is 0 Å². The topological polar surface area (TPSA) is 76.0 Å². The van der Waals surface area contributed by atoms with Crippen LogP contribution in [-0.4, -0.2) is 18.5 Å². The molecule has 80 valence electrons. The average molecular weight is 209 g/mol. The van der Waals surface area contributed by atoms with E-state index in [1.54, 1.807) is 0 Å². The molecule has 0 heterocycles. The molecule has 0 radical (unpaired) electrons. The summed E-state index contributed by atoms with van der Waals surface area (Å²) >= 11 is 0.